The molecule has 1 aliphatic rings. The van der Waals surface area contributed by atoms with Gasteiger partial charge in [0, 0.05) is 36.7 Å². The maximum Gasteiger partial charge on any atom is 0.335 e. The Morgan fingerprint density at radius 2 is 1.57 bits per heavy atom. The largest absolute Gasteiger partial charge is 0.478 e. The highest BCUT2D eigenvalue weighted by Crippen LogP contribution is 2.25. The Morgan fingerprint density at radius 3 is 2.07 bits per heavy atom. The smallest absolute Gasteiger partial charge is 0.335 e. The molecule has 1 fully saturated rings. The Hall–Kier alpha value is -1.93. The molecule has 3 rings (SSSR count). The molecule has 0 aromatic heterocycles. The lowest BCUT2D eigenvalue weighted by Crippen LogP contribution is -2.57. The summed E-state index contributed by atoms with van der Waals surface area (Å²) < 4.78 is 27.5. The molecule has 1 saturated heterocycles. The summed E-state index contributed by atoms with van der Waals surface area (Å²) in [6.07, 6.45) is 0. The lowest BCUT2D eigenvalue weighted by Gasteiger charge is -2.43. The maximum absolute atomic E-state index is 13.0. The first-order valence-electron chi connectivity index (χ1n) is 9.02. The summed E-state index contributed by atoms with van der Waals surface area (Å²) in [6, 6.07) is 13.1. The summed E-state index contributed by atoms with van der Waals surface area (Å²) in [6.45, 7) is 5.43. The molecule has 2 aromatic carbocycles. The number of piperazine rings is 1. The van der Waals surface area contributed by atoms with E-state index in [0.717, 1.165) is 5.56 Å². The van der Waals surface area contributed by atoms with E-state index in [1.54, 1.807) is 36.4 Å². The van der Waals surface area contributed by atoms with E-state index in [-0.39, 0.29) is 22.5 Å². The number of hydrogen-bond acceptors (Lipinski definition) is 4. The first-order chi connectivity index (χ1) is 13.2. The third-order valence-electron chi connectivity index (χ3n) is 5.09. The van der Waals surface area contributed by atoms with Crippen LogP contribution in [0.1, 0.15) is 29.8 Å². The highest BCUT2D eigenvalue weighted by Gasteiger charge is 2.36. The molecule has 0 amide bonds. The Labute approximate surface area is 170 Å². The number of carboxylic acids is 1. The molecule has 2 aromatic rings. The SMILES string of the molecule is C[C@@H]1CN(S(=O)(=O)c2ccc(Cl)cc2)C[C@H](C)N1Cc1ccc(C(=O)O)cc1. The van der Waals surface area contributed by atoms with E-state index in [4.69, 9.17) is 16.7 Å². The van der Waals surface area contributed by atoms with Crippen LogP contribution in [0, 0.1) is 0 Å². The Balaban J connectivity index is 1.73. The standard InChI is InChI=1S/C20H23ClN2O4S/c1-14-11-22(28(26,27)19-9-7-18(21)8-10-19)12-15(2)23(14)13-16-3-5-17(6-4-16)20(24)25/h3-10,14-15H,11-13H2,1-2H3,(H,24,25)/t14-,15+. The van der Waals surface area contributed by atoms with Crippen molar-refractivity contribution < 1.29 is 18.3 Å². The van der Waals surface area contributed by atoms with Gasteiger partial charge in [-0.05, 0) is 55.8 Å². The number of carboxylic acid groups (broad SMARTS) is 1. The number of rotatable bonds is 5. The predicted octanol–water partition coefficient (Wildman–Crippen LogP) is 3.32. The van der Waals surface area contributed by atoms with Crippen LogP contribution in [-0.4, -0.2) is 53.9 Å². The van der Waals surface area contributed by atoms with E-state index in [0.29, 0.717) is 24.7 Å². The zero-order valence-corrected chi connectivity index (χ0v) is 17.3. The molecule has 0 saturated carbocycles. The average Bonchev–Trinajstić information content (AvgIpc) is 2.65. The van der Waals surface area contributed by atoms with E-state index in [1.807, 2.05) is 13.8 Å². The summed E-state index contributed by atoms with van der Waals surface area (Å²) >= 11 is 5.87. The van der Waals surface area contributed by atoms with Gasteiger partial charge in [-0.15, -0.1) is 0 Å². The van der Waals surface area contributed by atoms with E-state index in [9.17, 15) is 13.2 Å². The van der Waals surface area contributed by atoms with Crippen molar-refractivity contribution in [3.63, 3.8) is 0 Å². The van der Waals surface area contributed by atoms with Crippen molar-refractivity contribution in [3.8, 4) is 0 Å². The number of carbonyl (C=O) groups is 1. The number of sulfonamides is 1. The Kier molecular flexibility index (Phi) is 6.09. The first-order valence-corrected chi connectivity index (χ1v) is 10.8. The lowest BCUT2D eigenvalue weighted by atomic mass is 10.1. The van der Waals surface area contributed by atoms with Crippen LogP contribution in [0.25, 0.3) is 0 Å². The summed E-state index contributed by atoms with van der Waals surface area (Å²) in [5.41, 5.74) is 1.25. The van der Waals surface area contributed by atoms with Gasteiger partial charge in [-0.25, -0.2) is 13.2 Å². The average molecular weight is 423 g/mol. The topological polar surface area (TPSA) is 77.9 Å². The summed E-state index contributed by atoms with van der Waals surface area (Å²) in [7, 11) is -3.57. The summed E-state index contributed by atoms with van der Waals surface area (Å²) in [5.74, 6) is -0.950. The molecule has 0 unspecified atom stereocenters. The van der Waals surface area contributed by atoms with Gasteiger partial charge in [-0.3, -0.25) is 4.90 Å². The Morgan fingerprint density at radius 1 is 1.04 bits per heavy atom. The van der Waals surface area contributed by atoms with Crippen LogP contribution in [0.5, 0.6) is 0 Å². The second-order valence-corrected chi connectivity index (χ2v) is 9.52. The van der Waals surface area contributed by atoms with Crippen LogP contribution in [0.4, 0.5) is 0 Å². The minimum Gasteiger partial charge on any atom is -0.478 e. The van der Waals surface area contributed by atoms with Gasteiger partial charge in [0.15, 0.2) is 0 Å². The summed E-state index contributed by atoms with van der Waals surface area (Å²) in [4.78, 5) is 13.5. The third-order valence-corrected chi connectivity index (χ3v) is 7.18. The van der Waals surface area contributed by atoms with Crippen molar-refractivity contribution in [2.75, 3.05) is 13.1 Å². The number of halogens is 1. The quantitative estimate of drug-likeness (QED) is 0.799. The number of benzene rings is 2. The molecule has 1 aliphatic heterocycles. The second kappa shape index (κ2) is 8.21. The molecule has 1 N–H and O–H groups in total. The van der Waals surface area contributed by atoms with Crippen molar-refractivity contribution in [2.24, 2.45) is 0 Å². The fourth-order valence-electron chi connectivity index (χ4n) is 3.54. The van der Waals surface area contributed by atoms with Gasteiger partial charge in [0.05, 0.1) is 10.5 Å². The molecular weight excluding hydrogens is 400 g/mol. The summed E-state index contributed by atoms with van der Waals surface area (Å²) in [5, 5.41) is 9.52. The van der Waals surface area contributed by atoms with Crippen LogP contribution in [0.15, 0.2) is 53.4 Å². The van der Waals surface area contributed by atoms with Gasteiger partial charge in [0.25, 0.3) is 0 Å². The van der Waals surface area contributed by atoms with Crippen LogP contribution in [0.2, 0.25) is 5.02 Å². The predicted molar refractivity (Wildman–Crippen MR) is 108 cm³/mol. The highest BCUT2D eigenvalue weighted by atomic mass is 35.5. The molecular formula is C20H23ClN2O4S. The van der Waals surface area contributed by atoms with Crippen molar-refractivity contribution in [2.45, 2.75) is 37.4 Å². The molecule has 0 radical (unpaired) electrons. The van der Waals surface area contributed by atoms with E-state index >= 15 is 0 Å². The van der Waals surface area contributed by atoms with Gasteiger partial charge in [-0.2, -0.15) is 4.31 Å². The van der Waals surface area contributed by atoms with Gasteiger partial charge in [0.2, 0.25) is 10.0 Å². The molecule has 28 heavy (non-hydrogen) atoms. The normalized spacial score (nSPS) is 21.5. The monoisotopic (exact) mass is 422 g/mol. The lowest BCUT2D eigenvalue weighted by molar-refractivity contribution is 0.0691. The van der Waals surface area contributed by atoms with Crippen molar-refractivity contribution >= 4 is 27.6 Å². The minimum absolute atomic E-state index is 0.0185. The minimum atomic E-state index is -3.57. The van der Waals surface area contributed by atoms with Crippen molar-refractivity contribution in [3.05, 3.63) is 64.7 Å². The zero-order valence-electron chi connectivity index (χ0n) is 15.7. The van der Waals surface area contributed by atoms with Crippen LogP contribution >= 0.6 is 11.6 Å². The third kappa shape index (κ3) is 4.38. The van der Waals surface area contributed by atoms with Crippen molar-refractivity contribution in [1.29, 1.82) is 0 Å². The van der Waals surface area contributed by atoms with Crippen LogP contribution in [-0.2, 0) is 16.6 Å². The number of nitrogens with zero attached hydrogens (tertiary/aromatic N) is 2. The van der Waals surface area contributed by atoms with E-state index in [1.165, 1.54) is 16.4 Å². The van der Waals surface area contributed by atoms with Crippen molar-refractivity contribution in [1.82, 2.24) is 9.21 Å². The van der Waals surface area contributed by atoms with E-state index in [2.05, 4.69) is 4.90 Å². The fourth-order valence-corrected chi connectivity index (χ4v) is 5.26. The molecule has 2 atom stereocenters. The fraction of sp³-hybridized carbons (Fsp3) is 0.350. The Bertz CT molecular complexity index is 933. The van der Waals surface area contributed by atoms with Gasteiger partial charge in [0.1, 0.15) is 0 Å². The van der Waals surface area contributed by atoms with Gasteiger partial charge >= 0.3 is 5.97 Å². The second-order valence-electron chi connectivity index (χ2n) is 7.15. The van der Waals surface area contributed by atoms with Crippen LogP contribution < -0.4 is 0 Å². The zero-order chi connectivity index (χ0) is 20.5. The number of hydrogen-bond donors (Lipinski definition) is 1. The van der Waals surface area contributed by atoms with E-state index < -0.39 is 16.0 Å². The van der Waals surface area contributed by atoms with Gasteiger partial charge in [-0.1, -0.05) is 23.7 Å². The molecule has 8 heteroatoms. The molecule has 0 spiro atoms. The van der Waals surface area contributed by atoms with Crippen LogP contribution in [0.3, 0.4) is 0 Å². The maximum atomic E-state index is 13.0. The highest BCUT2D eigenvalue weighted by molar-refractivity contribution is 7.89. The molecule has 0 bridgehead atoms. The molecule has 150 valence electrons. The number of aromatic carboxylic acids is 1. The molecule has 1 heterocycles. The first kappa shape index (κ1) is 20.8. The molecule has 0 aliphatic carbocycles. The van der Waals surface area contributed by atoms with Gasteiger partial charge < -0.3 is 5.11 Å². The molecule has 6 nitrogen and oxygen atoms in total.